The third-order valence-corrected chi connectivity index (χ3v) is 5.72. The molecule has 33 heavy (non-hydrogen) atoms. The number of nitrogens with zero attached hydrogens (tertiary/aromatic N) is 5. The first-order valence-corrected chi connectivity index (χ1v) is 10.3. The second-order valence-corrected chi connectivity index (χ2v) is 7.84. The molecule has 0 saturated carbocycles. The standard InChI is InChI=1S/C21H14N6O5S/c22-13-4-3-11-6-15(21(30)32-16(11)7-13)27-14(9-24-26-27)10-31-18-17(20(28)29)33-19(25-18)12-2-1-5-23-8-12/h1-9H,10,22H2,(H,28,29). The number of rotatable bonds is 6. The van der Waals surface area contributed by atoms with Crippen LogP contribution in [-0.4, -0.2) is 36.0 Å². The third kappa shape index (κ3) is 3.90. The molecule has 0 unspecified atom stereocenters. The number of thiazole rings is 1. The highest BCUT2D eigenvalue weighted by molar-refractivity contribution is 7.17. The van der Waals surface area contributed by atoms with Crippen molar-refractivity contribution in [3.63, 3.8) is 0 Å². The number of carbonyl (C=O) groups is 1. The lowest BCUT2D eigenvalue weighted by Gasteiger charge is -2.07. The molecule has 0 amide bonds. The van der Waals surface area contributed by atoms with E-state index < -0.39 is 11.6 Å². The molecule has 4 aromatic heterocycles. The molecule has 0 aliphatic rings. The molecule has 5 rings (SSSR count). The smallest absolute Gasteiger partial charge is 0.362 e. The van der Waals surface area contributed by atoms with Crippen molar-refractivity contribution in [1.82, 2.24) is 25.0 Å². The van der Waals surface area contributed by atoms with E-state index in [1.165, 1.54) is 10.9 Å². The predicted octanol–water partition coefficient (Wildman–Crippen LogP) is 2.75. The number of hydrogen-bond acceptors (Lipinski definition) is 10. The van der Waals surface area contributed by atoms with Gasteiger partial charge in [0.15, 0.2) is 10.6 Å². The number of carboxylic acids is 1. The van der Waals surface area contributed by atoms with Crippen LogP contribution in [0.3, 0.4) is 0 Å². The zero-order valence-electron chi connectivity index (χ0n) is 16.7. The summed E-state index contributed by atoms with van der Waals surface area (Å²) in [4.78, 5) is 32.5. The van der Waals surface area contributed by atoms with Gasteiger partial charge in [0.05, 0.1) is 6.20 Å². The van der Waals surface area contributed by atoms with Crippen molar-refractivity contribution in [2.75, 3.05) is 5.73 Å². The number of benzene rings is 1. The van der Waals surface area contributed by atoms with E-state index in [0.717, 1.165) is 11.3 Å². The molecule has 0 aliphatic heterocycles. The molecule has 1 aromatic carbocycles. The predicted molar refractivity (Wildman–Crippen MR) is 118 cm³/mol. The molecular formula is C21H14N6O5S. The topological polar surface area (TPSA) is 159 Å². The minimum Gasteiger partial charge on any atom is -0.477 e. The maximum atomic E-state index is 12.5. The lowest BCUT2D eigenvalue weighted by molar-refractivity contribution is 0.0696. The van der Waals surface area contributed by atoms with Crippen LogP contribution >= 0.6 is 11.3 Å². The van der Waals surface area contributed by atoms with Crippen molar-refractivity contribution in [3.8, 4) is 22.1 Å². The third-order valence-electron chi connectivity index (χ3n) is 4.65. The van der Waals surface area contributed by atoms with Gasteiger partial charge in [-0.2, -0.15) is 0 Å². The molecule has 12 heteroatoms. The van der Waals surface area contributed by atoms with Gasteiger partial charge in [-0.3, -0.25) is 4.98 Å². The summed E-state index contributed by atoms with van der Waals surface area (Å²) in [6, 6.07) is 10.1. The fraction of sp³-hybridized carbons (Fsp3) is 0.0476. The number of aromatic carboxylic acids is 1. The maximum Gasteiger partial charge on any atom is 0.362 e. The molecule has 3 N–H and O–H groups in total. The van der Waals surface area contributed by atoms with Crippen LogP contribution in [0.4, 0.5) is 5.69 Å². The number of pyridine rings is 1. The monoisotopic (exact) mass is 462 g/mol. The maximum absolute atomic E-state index is 12.5. The average molecular weight is 462 g/mol. The van der Waals surface area contributed by atoms with Crippen molar-refractivity contribution >= 4 is 34.0 Å². The highest BCUT2D eigenvalue weighted by Crippen LogP contribution is 2.32. The average Bonchev–Trinajstić information content (AvgIpc) is 3.45. The van der Waals surface area contributed by atoms with Gasteiger partial charge in [0.2, 0.25) is 5.88 Å². The van der Waals surface area contributed by atoms with Crippen molar-refractivity contribution < 1.29 is 19.1 Å². The van der Waals surface area contributed by atoms with Crippen molar-refractivity contribution in [3.05, 3.63) is 76.0 Å². The Morgan fingerprint density at radius 2 is 2.12 bits per heavy atom. The minimum atomic E-state index is -1.17. The van der Waals surface area contributed by atoms with Gasteiger partial charge < -0.3 is 20.0 Å². The zero-order valence-corrected chi connectivity index (χ0v) is 17.5. The van der Waals surface area contributed by atoms with Gasteiger partial charge in [-0.25, -0.2) is 19.3 Å². The second-order valence-electron chi connectivity index (χ2n) is 6.84. The highest BCUT2D eigenvalue weighted by Gasteiger charge is 2.21. The molecule has 0 bridgehead atoms. The SMILES string of the molecule is Nc1ccc2cc(-n3nncc3COc3nc(-c4cccnc4)sc3C(=O)O)c(=O)oc2c1. The summed E-state index contributed by atoms with van der Waals surface area (Å²) in [5.74, 6) is -1.22. The number of ether oxygens (including phenoxy) is 1. The summed E-state index contributed by atoms with van der Waals surface area (Å²) in [5, 5.41) is 18.5. The molecule has 5 aromatic rings. The number of anilines is 1. The zero-order chi connectivity index (χ0) is 22.9. The second kappa shape index (κ2) is 8.16. The van der Waals surface area contributed by atoms with Gasteiger partial charge in [0.1, 0.15) is 22.9 Å². The van der Waals surface area contributed by atoms with Gasteiger partial charge in [0, 0.05) is 35.1 Å². The molecule has 0 fully saturated rings. The first-order chi connectivity index (χ1) is 16.0. The van der Waals surface area contributed by atoms with Gasteiger partial charge in [-0.15, -0.1) is 16.4 Å². The van der Waals surface area contributed by atoms with Crippen LogP contribution < -0.4 is 16.1 Å². The largest absolute Gasteiger partial charge is 0.477 e. The number of hydrogen-bond donors (Lipinski definition) is 2. The Hall–Kier alpha value is -4.58. The molecule has 4 heterocycles. The van der Waals surface area contributed by atoms with E-state index in [1.54, 1.807) is 48.8 Å². The summed E-state index contributed by atoms with van der Waals surface area (Å²) in [6.45, 7) is -0.136. The van der Waals surface area contributed by atoms with Crippen molar-refractivity contribution in [2.45, 2.75) is 6.61 Å². The van der Waals surface area contributed by atoms with E-state index in [1.807, 2.05) is 0 Å². The van der Waals surface area contributed by atoms with Gasteiger partial charge in [-0.05, 0) is 30.3 Å². The Morgan fingerprint density at radius 1 is 1.24 bits per heavy atom. The lowest BCUT2D eigenvalue weighted by atomic mass is 10.2. The molecule has 0 spiro atoms. The molecular weight excluding hydrogens is 448 g/mol. The molecule has 0 atom stereocenters. The normalized spacial score (nSPS) is 11.0. The van der Waals surface area contributed by atoms with E-state index in [0.29, 0.717) is 32.9 Å². The van der Waals surface area contributed by atoms with Crippen LogP contribution in [0.25, 0.3) is 27.2 Å². The van der Waals surface area contributed by atoms with Crippen LogP contribution in [0, 0.1) is 0 Å². The Balaban J connectivity index is 1.46. The van der Waals surface area contributed by atoms with E-state index >= 15 is 0 Å². The van der Waals surface area contributed by atoms with E-state index in [-0.39, 0.29) is 23.1 Å². The van der Waals surface area contributed by atoms with Crippen molar-refractivity contribution in [2.24, 2.45) is 0 Å². The first kappa shape index (κ1) is 20.3. The first-order valence-electron chi connectivity index (χ1n) is 9.50. The van der Waals surface area contributed by atoms with Crippen LogP contribution in [0.5, 0.6) is 5.88 Å². The van der Waals surface area contributed by atoms with Gasteiger partial charge in [-0.1, -0.05) is 5.21 Å². The van der Waals surface area contributed by atoms with E-state index in [9.17, 15) is 14.7 Å². The summed E-state index contributed by atoms with van der Waals surface area (Å²) in [5.41, 5.74) is 7.10. The highest BCUT2D eigenvalue weighted by atomic mass is 32.1. The lowest BCUT2D eigenvalue weighted by Crippen LogP contribution is -2.15. The molecule has 0 saturated heterocycles. The number of carboxylic acid groups (broad SMARTS) is 1. The fourth-order valence-electron chi connectivity index (χ4n) is 3.12. The molecule has 11 nitrogen and oxygen atoms in total. The van der Waals surface area contributed by atoms with E-state index in [4.69, 9.17) is 14.9 Å². The fourth-order valence-corrected chi connectivity index (χ4v) is 3.96. The molecule has 0 radical (unpaired) electrons. The number of fused-ring (bicyclic) bond motifs is 1. The van der Waals surface area contributed by atoms with Gasteiger partial charge >= 0.3 is 11.6 Å². The number of nitrogen functional groups attached to an aromatic ring is 1. The van der Waals surface area contributed by atoms with Crippen LogP contribution in [0.1, 0.15) is 15.4 Å². The van der Waals surface area contributed by atoms with Crippen LogP contribution in [-0.2, 0) is 6.61 Å². The minimum absolute atomic E-state index is 0.0554. The summed E-state index contributed by atoms with van der Waals surface area (Å²) in [6.07, 6.45) is 4.60. The number of aromatic nitrogens is 5. The molecule has 164 valence electrons. The van der Waals surface area contributed by atoms with E-state index in [2.05, 4.69) is 20.3 Å². The summed E-state index contributed by atoms with van der Waals surface area (Å²) < 4.78 is 12.3. The Morgan fingerprint density at radius 3 is 2.91 bits per heavy atom. The van der Waals surface area contributed by atoms with Crippen LogP contribution in [0.15, 0.2) is 64.2 Å². The quantitative estimate of drug-likeness (QED) is 0.284. The Kier molecular flexibility index (Phi) is 5.03. The Bertz CT molecular complexity index is 1540. The summed E-state index contributed by atoms with van der Waals surface area (Å²) in [7, 11) is 0. The summed E-state index contributed by atoms with van der Waals surface area (Å²) >= 11 is 0.975. The van der Waals surface area contributed by atoms with Crippen molar-refractivity contribution in [1.29, 1.82) is 0 Å². The van der Waals surface area contributed by atoms with Crippen LogP contribution in [0.2, 0.25) is 0 Å². The van der Waals surface area contributed by atoms with Gasteiger partial charge in [0.25, 0.3) is 0 Å². The molecule has 0 aliphatic carbocycles. The number of nitrogens with two attached hydrogens (primary N) is 1. The Labute approximate surface area is 188 Å².